The summed E-state index contributed by atoms with van der Waals surface area (Å²) >= 11 is 0. The molecular weight excluding hydrogens is 174 g/mol. The fourth-order valence-electron chi connectivity index (χ4n) is 3.16. The van der Waals surface area contributed by atoms with Crippen molar-refractivity contribution in [3.05, 3.63) is 0 Å². The van der Waals surface area contributed by atoms with E-state index in [-0.39, 0.29) is 5.41 Å². The first kappa shape index (κ1) is 10.0. The Hall–Kier alpha value is -0.520. The zero-order valence-corrected chi connectivity index (χ0v) is 9.22. The van der Waals surface area contributed by atoms with Gasteiger partial charge < -0.3 is 10.4 Å². The molecule has 1 heterocycles. The molecule has 2 rings (SSSR count). The summed E-state index contributed by atoms with van der Waals surface area (Å²) in [7, 11) is 0. The van der Waals surface area contributed by atoms with Gasteiger partial charge in [-0.15, -0.1) is 5.92 Å². The second-order valence-electron chi connectivity index (χ2n) is 5.04. The van der Waals surface area contributed by atoms with Crippen molar-refractivity contribution in [2.45, 2.75) is 45.3 Å². The summed E-state index contributed by atoms with van der Waals surface area (Å²) in [6.07, 6.45) is 2.26. The van der Waals surface area contributed by atoms with Gasteiger partial charge in [0.1, 0.15) is 5.60 Å². The Morgan fingerprint density at radius 2 is 2.14 bits per heavy atom. The smallest absolute Gasteiger partial charge is 0.136 e. The monoisotopic (exact) mass is 193 g/mol. The highest BCUT2D eigenvalue weighted by Gasteiger charge is 2.66. The second-order valence-corrected chi connectivity index (χ2v) is 5.04. The van der Waals surface area contributed by atoms with Crippen LogP contribution in [0.4, 0.5) is 0 Å². The van der Waals surface area contributed by atoms with Crippen LogP contribution in [0.5, 0.6) is 0 Å². The fraction of sp³-hybridized carbons (Fsp3) is 0.833. The van der Waals surface area contributed by atoms with E-state index in [0.717, 1.165) is 19.4 Å². The first-order valence-corrected chi connectivity index (χ1v) is 5.43. The number of fused-ring (bicyclic) bond motifs is 1. The molecule has 3 unspecified atom stereocenters. The van der Waals surface area contributed by atoms with Gasteiger partial charge in [-0.3, -0.25) is 0 Å². The molecule has 2 heteroatoms. The first-order valence-electron chi connectivity index (χ1n) is 5.43. The summed E-state index contributed by atoms with van der Waals surface area (Å²) in [4.78, 5) is 0. The second kappa shape index (κ2) is 2.98. The Morgan fingerprint density at radius 1 is 1.43 bits per heavy atom. The van der Waals surface area contributed by atoms with Crippen LogP contribution in [0.1, 0.15) is 33.6 Å². The molecule has 0 spiro atoms. The van der Waals surface area contributed by atoms with Crippen LogP contribution in [0, 0.1) is 23.2 Å². The molecular formula is C12H19NO. The van der Waals surface area contributed by atoms with Crippen molar-refractivity contribution in [3.63, 3.8) is 0 Å². The number of hydrogen-bond donors (Lipinski definition) is 2. The number of nitrogens with one attached hydrogen (secondary N) is 1. The molecule has 1 aliphatic carbocycles. The summed E-state index contributed by atoms with van der Waals surface area (Å²) in [6.45, 7) is 7.10. The summed E-state index contributed by atoms with van der Waals surface area (Å²) in [5, 5.41) is 14.0. The van der Waals surface area contributed by atoms with E-state index in [2.05, 4.69) is 31.0 Å². The highest BCUT2D eigenvalue weighted by Crippen LogP contribution is 2.56. The van der Waals surface area contributed by atoms with Gasteiger partial charge in [-0.05, 0) is 26.3 Å². The van der Waals surface area contributed by atoms with Crippen LogP contribution in [0.3, 0.4) is 0 Å². The molecule has 0 aromatic rings. The van der Waals surface area contributed by atoms with E-state index >= 15 is 0 Å². The van der Waals surface area contributed by atoms with Crippen LogP contribution in [0.15, 0.2) is 0 Å². The minimum absolute atomic E-state index is 0.110. The van der Waals surface area contributed by atoms with E-state index in [1.54, 1.807) is 6.92 Å². The van der Waals surface area contributed by atoms with Crippen LogP contribution >= 0.6 is 0 Å². The van der Waals surface area contributed by atoms with Crippen LogP contribution < -0.4 is 5.32 Å². The number of rotatable bonds is 0. The molecule has 0 bridgehead atoms. The molecule has 3 atom stereocenters. The predicted molar refractivity (Wildman–Crippen MR) is 56.7 cm³/mol. The lowest BCUT2D eigenvalue weighted by Gasteiger charge is -2.64. The number of piperidine rings is 1. The van der Waals surface area contributed by atoms with Crippen molar-refractivity contribution in [2.24, 2.45) is 11.3 Å². The Balaban J connectivity index is 2.28. The Labute approximate surface area is 86.1 Å². The molecule has 1 saturated carbocycles. The molecule has 0 radical (unpaired) electrons. The zero-order valence-electron chi connectivity index (χ0n) is 9.22. The van der Waals surface area contributed by atoms with Gasteiger partial charge in [-0.1, -0.05) is 19.8 Å². The topological polar surface area (TPSA) is 32.3 Å². The molecule has 2 nitrogen and oxygen atoms in total. The van der Waals surface area contributed by atoms with Gasteiger partial charge in [0, 0.05) is 17.4 Å². The van der Waals surface area contributed by atoms with E-state index in [1.807, 2.05) is 0 Å². The molecule has 0 aromatic heterocycles. The van der Waals surface area contributed by atoms with Crippen molar-refractivity contribution in [3.8, 4) is 11.8 Å². The maximum Gasteiger partial charge on any atom is 0.136 e. The van der Waals surface area contributed by atoms with E-state index in [9.17, 15) is 5.11 Å². The molecule has 2 fully saturated rings. The Morgan fingerprint density at radius 3 is 2.79 bits per heavy atom. The molecule has 0 amide bonds. The van der Waals surface area contributed by atoms with E-state index < -0.39 is 5.60 Å². The standard InChI is InChI=1S/C12H19NO/c1-4-7-12(14)9-6-5-8-13-10(9)11(12,2)3/h9-10,13-14H,5-6,8H2,1-3H3. The van der Waals surface area contributed by atoms with Crippen molar-refractivity contribution in [1.82, 2.24) is 5.32 Å². The van der Waals surface area contributed by atoms with E-state index in [1.165, 1.54) is 0 Å². The Kier molecular flexibility index (Phi) is 2.13. The van der Waals surface area contributed by atoms with Crippen LogP contribution in [-0.4, -0.2) is 23.3 Å². The lowest BCUT2D eigenvalue weighted by Crippen LogP contribution is -2.76. The quantitative estimate of drug-likeness (QED) is 0.566. The molecule has 2 aliphatic rings. The molecule has 0 aromatic carbocycles. The highest BCUT2D eigenvalue weighted by molar-refractivity contribution is 5.32. The van der Waals surface area contributed by atoms with Crippen LogP contribution in [0.2, 0.25) is 0 Å². The third-order valence-electron chi connectivity index (χ3n) is 4.07. The van der Waals surface area contributed by atoms with Gasteiger partial charge >= 0.3 is 0 Å². The first-order chi connectivity index (χ1) is 6.54. The molecule has 1 saturated heterocycles. The third kappa shape index (κ3) is 1.00. The molecule has 14 heavy (non-hydrogen) atoms. The van der Waals surface area contributed by atoms with Gasteiger partial charge in [0.15, 0.2) is 0 Å². The van der Waals surface area contributed by atoms with Gasteiger partial charge in [0.25, 0.3) is 0 Å². The zero-order chi connectivity index (χ0) is 10.4. The van der Waals surface area contributed by atoms with Crippen molar-refractivity contribution >= 4 is 0 Å². The van der Waals surface area contributed by atoms with E-state index in [0.29, 0.717) is 12.0 Å². The average Bonchev–Trinajstić information content (AvgIpc) is 2.18. The van der Waals surface area contributed by atoms with Gasteiger partial charge in [-0.2, -0.15) is 0 Å². The lowest BCUT2D eigenvalue weighted by molar-refractivity contribution is -0.196. The highest BCUT2D eigenvalue weighted by atomic mass is 16.3. The largest absolute Gasteiger partial charge is 0.377 e. The normalized spacial score (nSPS) is 44.3. The Bertz CT molecular complexity index is 299. The summed E-state index contributed by atoms with van der Waals surface area (Å²) in [5.74, 6) is 6.22. The van der Waals surface area contributed by atoms with E-state index in [4.69, 9.17) is 0 Å². The summed E-state index contributed by atoms with van der Waals surface area (Å²) in [5.41, 5.74) is -0.874. The van der Waals surface area contributed by atoms with Crippen LogP contribution in [-0.2, 0) is 0 Å². The SMILES string of the molecule is CC#CC1(O)C2CCCNC2C1(C)C. The van der Waals surface area contributed by atoms with Crippen molar-refractivity contribution in [2.75, 3.05) is 6.54 Å². The lowest BCUT2D eigenvalue weighted by atomic mass is 9.47. The van der Waals surface area contributed by atoms with Gasteiger partial charge in [-0.25, -0.2) is 0 Å². The summed E-state index contributed by atoms with van der Waals surface area (Å²) < 4.78 is 0. The van der Waals surface area contributed by atoms with Gasteiger partial charge in [0.05, 0.1) is 0 Å². The fourth-order valence-corrected chi connectivity index (χ4v) is 3.16. The molecule has 2 N–H and O–H groups in total. The predicted octanol–water partition coefficient (Wildman–Crippen LogP) is 1.15. The average molecular weight is 193 g/mol. The number of hydrogen-bond acceptors (Lipinski definition) is 2. The molecule has 78 valence electrons. The van der Waals surface area contributed by atoms with Crippen molar-refractivity contribution < 1.29 is 5.11 Å². The number of aliphatic hydroxyl groups is 1. The third-order valence-corrected chi connectivity index (χ3v) is 4.07. The maximum absolute atomic E-state index is 10.5. The minimum Gasteiger partial charge on any atom is -0.377 e. The molecule has 1 aliphatic heterocycles. The minimum atomic E-state index is -0.764. The maximum atomic E-state index is 10.5. The van der Waals surface area contributed by atoms with Crippen LogP contribution in [0.25, 0.3) is 0 Å². The summed E-state index contributed by atoms with van der Waals surface area (Å²) in [6, 6.07) is 0.446. The van der Waals surface area contributed by atoms with Gasteiger partial charge in [0.2, 0.25) is 0 Å². The van der Waals surface area contributed by atoms with Crippen molar-refractivity contribution in [1.29, 1.82) is 0 Å².